The molecule has 4 aromatic rings. The van der Waals surface area contributed by atoms with E-state index in [4.69, 9.17) is 9.98 Å². The summed E-state index contributed by atoms with van der Waals surface area (Å²) in [7, 11) is 7.97. The largest absolute Gasteiger partial charge is 0.378 e. The molecular formula is C33H32N6O. The maximum Gasteiger partial charge on any atom is 0.258 e. The van der Waals surface area contributed by atoms with Gasteiger partial charge >= 0.3 is 0 Å². The van der Waals surface area contributed by atoms with Crippen molar-refractivity contribution in [2.45, 2.75) is 0 Å². The smallest absolute Gasteiger partial charge is 0.258 e. The average Bonchev–Trinajstić information content (AvgIpc) is 3.37. The molecule has 0 unspecified atom stereocenters. The van der Waals surface area contributed by atoms with Crippen molar-refractivity contribution in [2.24, 2.45) is 9.98 Å². The number of amides is 1. The Balaban J connectivity index is 1.59. The van der Waals surface area contributed by atoms with Crippen LogP contribution in [0.1, 0.15) is 11.1 Å². The van der Waals surface area contributed by atoms with Crippen molar-refractivity contribution in [2.75, 3.05) is 48.6 Å². The minimum absolute atomic E-state index is 0.269. The molecule has 7 nitrogen and oxygen atoms in total. The summed E-state index contributed by atoms with van der Waals surface area (Å²) in [6.45, 7) is 0. The molecule has 0 bridgehead atoms. The summed E-state index contributed by atoms with van der Waals surface area (Å²) >= 11 is 0. The minimum Gasteiger partial charge on any atom is -0.378 e. The number of hydrogen-bond donors (Lipinski definition) is 2. The van der Waals surface area contributed by atoms with Gasteiger partial charge in [0.1, 0.15) is 5.70 Å². The number of amidine groups is 2. The van der Waals surface area contributed by atoms with Crippen LogP contribution in [0.15, 0.2) is 125 Å². The Labute approximate surface area is 235 Å². The molecule has 0 saturated heterocycles. The highest BCUT2D eigenvalue weighted by Gasteiger charge is 2.27. The molecule has 40 heavy (non-hydrogen) atoms. The molecule has 0 spiro atoms. The molecule has 4 aromatic carbocycles. The van der Waals surface area contributed by atoms with Crippen LogP contribution in [-0.4, -0.2) is 45.8 Å². The number of rotatable bonds is 7. The van der Waals surface area contributed by atoms with Crippen LogP contribution in [0.4, 0.5) is 22.7 Å². The first kappa shape index (κ1) is 26.4. The fourth-order valence-corrected chi connectivity index (χ4v) is 4.32. The number of anilines is 4. The van der Waals surface area contributed by atoms with Crippen LogP contribution < -0.4 is 20.4 Å². The van der Waals surface area contributed by atoms with Crippen molar-refractivity contribution in [1.29, 1.82) is 0 Å². The number of aliphatic imine (C=N–C) groups is 2. The van der Waals surface area contributed by atoms with E-state index >= 15 is 0 Å². The first-order valence-corrected chi connectivity index (χ1v) is 13.0. The van der Waals surface area contributed by atoms with Crippen LogP contribution in [0, 0.1) is 0 Å². The molecular weight excluding hydrogens is 496 g/mol. The highest BCUT2D eigenvalue weighted by molar-refractivity contribution is 6.35. The van der Waals surface area contributed by atoms with Gasteiger partial charge in [0.2, 0.25) is 0 Å². The van der Waals surface area contributed by atoms with Gasteiger partial charge in [0.05, 0.1) is 5.57 Å². The molecule has 200 valence electrons. The maximum absolute atomic E-state index is 13.9. The second kappa shape index (κ2) is 11.7. The minimum atomic E-state index is -0.269. The number of nitrogens with zero attached hydrogens (tertiary/aromatic N) is 4. The predicted octanol–water partition coefficient (Wildman–Crippen LogP) is 6.14. The van der Waals surface area contributed by atoms with E-state index in [1.165, 1.54) is 0 Å². The maximum atomic E-state index is 13.9. The summed E-state index contributed by atoms with van der Waals surface area (Å²) in [4.78, 5) is 27.8. The van der Waals surface area contributed by atoms with Crippen LogP contribution >= 0.6 is 0 Å². The Morgan fingerprint density at radius 3 is 1.70 bits per heavy atom. The fraction of sp³-hybridized carbons (Fsp3) is 0.121. The highest BCUT2D eigenvalue weighted by atomic mass is 16.1. The molecule has 1 aliphatic rings. The van der Waals surface area contributed by atoms with Crippen LogP contribution in [0.5, 0.6) is 0 Å². The average molecular weight is 529 g/mol. The molecule has 0 aromatic heterocycles. The monoisotopic (exact) mass is 528 g/mol. The number of hydrogen-bond acceptors (Lipinski definition) is 6. The van der Waals surface area contributed by atoms with E-state index in [2.05, 4.69) is 10.6 Å². The number of nitrogens with one attached hydrogen (secondary N) is 2. The van der Waals surface area contributed by atoms with Gasteiger partial charge in [0.25, 0.3) is 5.91 Å². The number of carbonyl (C=O) groups excluding carboxylic acids is 1. The van der Waals surface area contributed by atoms with E-state index in [1.807, 2.05) is 147 Å². The van der Waals surface area contributed by atoms with E-state index < -0.39 is 0 Å². The summed E-state index contributed by atoms with van der Waals surface area (Å²) in [5, 5.41) is 6.49. The van der Waals surface area contributed by atoms with Gasteiger partial charge in [-0.1, -0.05) is 60.7 Å². The van der Waals surface area contributed by atoms with Gasteiger partial charge in [-0.05, 0) is 54.1 Å². The summed E-state index contributed by atoms with van der Waals surface area (Å²) in [5.41, 5.74) is 6.19. The summed E-state index contributed by atoms with van der Waals surface area (Å²) < 4.78 is 0. The summed E-state index contributed by atoms with van der Waals surface area (Å²) in [6.07, 6.45) is 0. The number of carbonyl (C=O) groups is 1. The number of benzene rings is 4. The SMILES string of the molecule is CN(C)c1ccc(NC(=O)/C(=C2\N=C(c3ccccc3)N=C2Nc2ccc(N(C)C)cc2)c2ccccc2)cc1. The van der Waals surface area contributed by atoms with E-state index in [1.54, 1.807) is 0 Å². The van der Waals surface area contributed by atoms with E-state index in [-0.39, 0.29) is 5.91 Å². The Kier molecular flexibility index (Phi) is 7.73. The molecule has 1 aliphatic heterocycles. The normalized spacial score (nSPS) is 13.7. The highest BCUT2D eigenvalue weighted by Crippen LogP contribution is 2.29. The van der Waals surface area contributed by atoms with Gasteiger partial charge in [-0.2, -0.15) is 0 Å². The third kappa shape index (κ3) is 5.94. The van der Waals surface area contributed by atoms with Gasteiger partial charge in [-0.3, -0.25) is 4.79 Å². The van der Waals surface area contributed by atoms with Gasteiger partial charge in [0.15, 0.2) is 11.7 Å². The molecule has 0 radical (unpaired) electrons. The Morgan fingerprint density at radius 2 is 1.15 bits per heavy atom. The zero-order valence-corrected chi connectivity index (χ0v) is 23.1. The predicted molar refractivity (Wildman–Crippen MR) is 168 cm³/mol. The van der Waals surface area contributed by atoms with Crippen molar-refractivity contribution >= 4 is 45.9 Å². The van der Waals surface area contributed by atoms with Crippen molar-refractivity contribution in [1.82, 2.24) is 0 Å². The molecule has 7 heteroatoms. The lowest BCUT2D eigenvalue weighted by Crippen LogP contribution is -2.20. The molecule has 1 heterocycles. The summed E-state index contributed by atoms with van der Waals surface area (Å²) in [5.74, 6) is 0.780. The first-order valence-electron chi connectivity index (χ1n) is 13.0. The quantitative estimate of drug-likeness (QED) is 0.283. The molecule has 0 saturated carbocycles. The lowest BCUT2D eigenvalue weighted by atomic mass is 10.0. The molecule has 0 aliphatic carbocycles. The molecule has 5 rings (SSSR count). The molecule has 2 N–H and O–H groups in total. The van der Waals surface area contributed by atoms with Crippen molar-refractivity contribution in [3.63, 3.8) is 0 Å². The van der Waals surface area contributed by atoms with Crippen LogP contribution in [0.25, 0.3) is 5.57 Å². The van der Waals surface area contributed by atoms with Gasteiger partial charge < -0.3 is 20.4 Å². The fourth-order valence-electron chi connectivity index (χ4n) is 4.32. The Hall–Kier alpha value is -5.17. The van der Waals surface area contributed by atoms with E-state index in [0.29, 0.717) is 28.6 Å². The Bertz CT molecular complexity index is 1570. The van der Waals surface area contributed by atoms with Gasteiger partial charge in [-0.15, -0.1) is 0 Å². The molecule has 0 atom stereocenters. The zero-order chi connectivity index (χ0) is 28.1. The van der Waals surface area contributed by atoms with E-state index in [0.717, 1.165) is 28.2 Å². The molecule has 0 fully saturated rings. The third-order valence-electron chi connectivity index (χ3n) is 6.51. The third-order valence-corrected chi connectivity index (χ3v) is 6.51. The van der Waals surface area contributed by atoms with Crippen molar-refractivity contribution < 1.29 is 4.79 Å². The lowest BCUT2D eigenvalue weighted by Gasteiger charge is -2.16. The van der Waals surface area contributed by atoms with Crippen molar-refractivity contribution in [3.8, 4) is 0 Å². The summed E-state index contributed by atoms with van der Waals surface area (Å²) in [6, 6.07) is 35.1. The van der Waals surface area contributed by atoms with Crippen LogP contribution in [0.3, 0.4) is 0 Å². The van der Waals surface area contributed by atoms with Crippen LogP contribution in [-0.2, 0) is 4.79 Å². The topological polar surface area (TPSA) is 72.3 Å². The van der Waals surface area contributed by atoms with E-state index in [9.17, 15) is 4.79 Å². The second-order valence-corrected chi connectivity index (χ2v) is 9.81. The standard InChI is InChI=1S/C33H32N6O/c1-38(2)27-19-15-25(16-20-27)34-32-30(36-31(37-32)24-13-9-6-10-14-24)29(23-11-7-5-8-12-23)33(40)35-26-17-21-28(22-18-26)39(3)4/h5-22H,1-4H3,(H,35,40)(H,34,36,37)/b30-29-. The van der Waals surface area contributed by atoms with Gasteiger partial charge in [0, 0.05) is 56.5 Å². The molecule has 1 amide bonds. The second-order valence-electron chi connectivity index (χ2n) is 9.81. The lowest BCUT2D eigenvalue weighted by molar-refractivity contribution is -0.111. The first-order chi connectivity index (χ1) is 19.4. The van der Waals surface area contributed by atoms with Crippen LogP contribution in [0.2, 0.25) is 0 Å². The Morgan fingerprint density at radius 1 is 0.625 bits per heavy atom. The van der Waals surface area contributed by atoms with Crippen molar-refractivity contribution in [3.05, 3.63) is 126 Å². The zero-order valence-electron chi connectivity index (χ0n) is 23.1. The van der Waals surface area contributed by atoms with Gasteiger partial charge in [-0.25, -0.2) is 9.98 Å².